The van der Waals surface area contributed by atoms with E-state index in [1.54, 1.807) is 13.1 Å². The highest BCUT2D eigenvalue weighted by Crippen LogP contribution is 2.11. The Labute approximate surface area is 122 Å². The van der Waals surface area contributed by atoms with Crippen molar-refractivity contribution < 1.29 is 23.8 Å². The summed E-state index contributed by atoms with van der Waals surface area (Å²) >= 11 is 0. The predicted molar refractivity (Wildman–Crippen MR) is 74.4 cm³/mol. The van der Waals surface area contributed by atoms with E-state index in [1.807, 2.05) is 0 Å². The van der Waals surface area contributed by atoms with E-state index < -0.39 is 17.8 Å². The van der Waals surface area contributed by atoms with E-state index in [4.69, 9.17) is 15.6 Å². The number of carbonyl (C=O) groups excluding carboxylic acids is 1. The molecule has 1 aromatic rings. The van der Waals surface area contributed by atoms with E-state index in [-0.39, 0.29) is 31.9 Å². The molecular formula is C14H19FN2O4. The monoisotopic (exact) mass is 298 g/mol. The number of carboxylic acids is 1. The smallest absolute Gasteiger partial charge is 0.303 e. The topological polar surface area (TPSA) is 92.9 Å². The summed E-state index contributed by atoms with van der Waals surface area (Å²) in [7, 11) is 1.55. The zero-order chi connectivity index (χ0) is 15.8. The van der Waals surface area contributed by atoms with Gasteiger partial charge in [-0.2, -0.15) is 0 Å². The number of hydrogen-bond donors (Lipinski definition) is 2. The van der Waals surface area contributed by atoms with Crippen LogP contribution in [-0.2, 0) is 9.59 Å². The van der Waals surface area contributed by atoms with Crippen molar-refractivity contribution in [3.05, 3.63) is 30.1 Å². The number of aliphatic carboxylic acids is 1. The number of carbonyl (C=O) groups is 2. The minimum absolute atomic E-state index is 0.0866. The van der Waals surface area contributed by atoms with Crippen LogP contribution in [0.4, 0.5) is 4.39 Å². The molecule has 0 aromatic heterocycles. The molecule has 6 nitrogen and oxygen atoms in total. The van der Waals surface area contributed by atoms with Gasteiger partial charge in [0, 0.05) is 19.5 Å². The Morgan fingerprint density at radius 1 is 1.48 bits per heavy atom. The van der Waals surface area contributed by atoms with Crippen LogP contribution < -0.4 is 10.5 Å². The number of amides is 1. The second-order valence-electron chi connectivity index (χ2n) is 4.60. The number of ether oxygens (including phenoxy) is 1. The summed E-state index contributed by atoms with van der Waals surface area (Å²) in [5.74, 6) is -1.35. The Balaban J connectivity index is 2.34. The summed E-state index contributed by atoms with van der Waals surface area (Å²) in [6, 6.07) is 4.86. The number of nitrogens with two attached hydrogens (primary N) is 1. The number of halogens is 1. The summed E-state index contributed by atoms with van der Waals surface area (Å²) in [5, 5.41) is 8.54. The van der Waals surface area contributed by atoms with Crippen LogP contribution in [0.15, 0.2) is 24.3 Å². The molecule has 0 saturated carbocycles. The Morgan fingerprint density at radius 3 is 2.81 bits per heavy atom. The van der Waals surface area contributed by atoms with Crippen LogP contribution in [0, 0.1) is 5.82 Å². The van der Waals surface area contributed by atoms with E-state index in [0.717, 1.165) is 0 Å². The van der Waals surface area contributed by atoms with Gasteiger partial charge in [0.05, 0.1) is 12.6 Å². The quantitative estimate of drug-likeness (QED) is 0.742. The number of carboxylic acid groups (broad SMARTS) is 1. The molecule has 21 heavy (non-hydrogen) atoms. The first-order valence-electron chi connectivity index (χ1n) is 6.51. The SMILES string of the molecule is CN(CCOc1cccc(F)c1)C(=O)C(N)CCC(=O)O. The summed E-state index contributed by atoms with van der Waals surface area (Å²) in [5.41, 5.74) is 5.62. The maximum Gasteiger partial charge on any atom is 0.303 e. The highest BCUT2D eigenvalue weighted by Gasteiger charge is 2.18. The standard InChI is InChI=1S/C14H19FN2O4/c1-17(14(20)12(16)5-6-13(18)19)7-8-21-11-4-2-3-10(15)9-11/h2-4,9,12H,5-8,16H2,1H3,(H,18,19). The molecule has 0 fully saturated rings. The van der Waals surface area contributed by atoms with Crippen LogP contribution in [0.25, 0.3) is 0 Å². The molecule has 116 valence electrons. The van der Waals surface area contributed by atoms with Gasteiger partial charge in [0.2, 0.25) is 5.91 Å². The lowest BCUT2D eigenvalue weighted by Crippen LogP contribution is -2.43. The number of benzene rings is 1. The second-order valence-corrected chi connectivity index (χ2v) is 4.60. The van der Waals surface area contributed by atoms with E-state index in [1.165, 1.54) is 23.1 Å². The normalized spacial score (nSPS) is 11.8. The molecule has 7 heteroatoms. The third-order valence-corrected chi connectivity index (χ3v) is 2.85. The molecular weight excluding hydrogens is 279 g/mol. The van der Waals surface area contributed by atoms with Crippen molar-refractivity contribution in [3.63, 3.8) is 0 Å². The summed E-state index contributed by atoms with van der Waals surface area (Å²) < 4.78 is 18.2. The number of rotatable bonds is 8. The molecule has 1 aromatic carbocycles. The minimum Gasteiger partial charge on any atom is -0.492 e. The minimum atomic E-state index is -0.990. The fraction of sp³-hybridized carbons (Fsp3) is 0.429. The number of hydrogen-bond acceptors (Lipinski definition) is 4. The Hall–Kier alpha value is -2.15. The van der Waals surface area contributed by atoms with Crippen molar-refractivity contribution in [2.75, 3.05) is 20.2 Å². The molecule has 0 bridgehead atoms. The highest BCUT2D eigenvalue weighted by molar-refractivity contribution is 5.82. The first kappa shape index (κ1) is 16.9. The first-order chi connectivity index (χ1) is 9.90. The maximum atomic E-state index is 12.9. The van der Waals surface area contributed by atoms with E-state index >= 15 is 0 Å². The van der Waals surface area contributed by atoms with Crippen molar-refractivity contribution in [1.82, 2.24) is 4.90 Å². The molecule has 1 unspecified atom stereocenters. The van der Waals surface area contributed by atoms with Gasteiger partial charge in [0.25, 0.3) is 0 Å². The van der Waals surface area contributed by atoms with Gasteiger partial charge in [0.1, 0.15) is 18.2 Å². The summed E-state index contributed by atoms with van der Waals surface area (Å²) in [4.78, 5) is 23.6. The van der Waals surface area contributed by atoms with Gasteiger partial charge in [0.15, 0.2) is 0 Å². The van der Waals surface area contributed by atoms with Crippen LogP contribution >= 0.6 is 0 Å². The van der Waals surface area contributed by atoms with Crippen molar-refractivity contribution in [1.29, 1.82) is 0 Å². The molecule has 1 atom stereocenters. The molecule has 0 aliphatic heterocycles. The second kappa shape index (κ2) is 8.21. The molecule has 0 aliphatic carbocycles. The molecule has 0 heterocycles. The average molecular weight is 298 g/mol. The molecule has 1 amide bonds. The largest absolute Gasteiger partial charge is 0.492 e. The first-order valence-corrected chi connectivity index (χ1v) is 6.51. The molecule has 1 rings (SSSR count). The van der Waals surface area contributed by atoms with E-state index in [9.17, 15) is 14.0 Å². The average Bonchev–Trinajstić information content (AvgIpc) is 2.43. The molecule has 0 aliphatic rings. The maximum absolute atomic E-state index is 12.9. The predicted octanol–water partition coefficient (Wildman–Crippen LogP) is 0.855. The Bertz CT molecular complexity index is 496. The molecule has 0 spiro atoms. The van der Waals surface area contributed by atoms with E-state index in [0.29, 0.717) is 5.75 Å². The third kappa shape index (κ3) is 6.22. The van der Waals surface area contributed by atoms with Crippen LogP contribution in [0.1, 0.15) is 12.8 Å². The zero-order valence-corrected chi connectivity index (χ0v) is 11.8. The van der Waals surface area contributed by atoms with E-state index in [2.05, 4.69) is 0 Å². The van der Waals surface area contributed by atoms with Crippen LogP contribution in [0.5, 0.6) is 5.75 Å². The fourth-order valence-corrected chi connectivity index (χ4v) is 1.65. The van der Waals surface area contributed by atoms with Gasteiger partial charge in [-0.25, -0.2) is 4.39 Å². The Kier molecular flexibility index (Phi) is 6.61. The number of likely N-dealkylation sites (N-methyl/N-ethyl adjacent to an activating group) is 1. The highest BCUT2D eigenvalue weighted by atomic mass is 19.1. The summed E-state index contributed by atoms with van der Waals surface area (Å²) in [6.07, 6.45) is -0.0657. The Morgan fingerprint density at radius 2 is 2.19 bits per heavy atom. The number of nitrogens with zero attached hydrogens (tertiary/aromatic N) is 1. The molecule has 0 radical (unpaired) electrons. The van der Waals surface area contributed by atoms with Crippen LogP contribution in [0.2, 0.25) is 0 Å². The van der Waals surface area contributed by atoms with Gasteiger partial charge in [-0.15, -0.1) is 0 Å². The van der Waals surface area contributed by atoms with Crippen molar-refractivity contribution in [3.8, 4) is 5.75 Å². The van der Waals surface area contributed by atoms with Crippen molar-refractivity contribution in [2.45, 2.75) is 18.9 Å². The van der Waals surface area contributed by atoms with Crippen LogP contribution in [-0.4, -0.2) is 48.1 Å². The third-order valence-electron chi connectivity index (χ3n) is 2.85. The van der Waals surface area contributed by atoms with Gasteiger partial charge >= 0.3 is 5.97 Å². The lowest BCUT2D eigenvalue weighted by Gasteiger charge is -2.21. The lowest BCUT2D eigenvalue weighted by atomic mass is 10.1. The zero-order valence-electron chi connectivity index (χ0n) is 11.8. The van der Waals surface area contributed by atoms with Crippen molar-refractivity contribution in [2.24, 2.45) is 5.73 Å². The lowest BCUT2D eigenvalue weighted by molar-refractivity contribution is -0.137. The van der Waals surface area contributed by atoms with Gasteiger partial charge in [-0.3, -0.25) is 9.59 Å². The molecule has 0 saturated heterocycles. The van der Waals surface area contributed by atoms with Gasteiger partial charge < -0.3 is 20.5 Å². The molecule has 3 N–H and O–H groups in total. The summed E-state index contributed by atoms with van der Waals surface area (Å²) in [6.45, 7) is 0.466. The fourth-order valence-electron chi connectivity index (χ4n) is 1.65. The van der Waals surface area contributed by atoms with Gasteiger partial charge in [-0.1, -0.05) is 6.07 Å². The van der Waals surface area contributed by atoms with Crippen LogP contribution in [0.3, 0.4) is 0 Å². The van der Waals surface area contributed by atoms with Gasteiger partial charge in [-0.05, 0) is 18.6 Å². The van der Waals surface area contributed by atoms with Crippen molar-refractivity contribution >= 4 is 11.9 Å².